The van der Waals surface area contributed by atoms with Crippen molar-refractivity contribution >= 4 is 17.9 Å². The van der Waals surface area contributed by atoms with Crippen molar-refractivity contribution in [2.75, 3.05) is 6.61 Å². The highest BCUT2D eigenvalue weighted by Crippen LogP contribution is 2.74. The van der Waals surface area contributed by atoms with Gasteiger partial charge in [-0.2, -0.15) is 0 Å². The average Bonchev–Trinajstić information content (AvgIpc) is 3.17. The van der Waals surface area contributed by atoms with Crippen molar-refractivity contribution in [2.24, 2.45) is 16.7 Å². The molecule has 0 spiro atoms. The van der Waals surface area contributed by atoms with Gasteiger partial charge in [0, 0.05) is 24.7 Å². The Bertz CT molecular complexity index is 1290. The van der Waals surface area contributed by atoms with Crippen LogP contribution in [0.1, 0.15) is 57.8 Å². The fraction of sp³-hybridized carbons (Fsp3) is 0.621. The van der Waals surface area contributed by atoms with Crippen LogP contribution in [0.4, 0.5) is 0 Å². The predicted octanol–water partition coefficient (Wildman–Crippen LogP) is 0.402. The van der Waals surface area contributed by atoms with Crippen molar-refractivity contribution in [3.05, 3.63) is 47.0 Å². The lowest BCUT2D eigenvalue weighted by atomic mass is 9.38. The van der Waals surface area contributed by atoms with Crippen LogP contribution in [0.15, 0.2) is 41.5 Å². The number of ether oxygens (including phenoxy) is 3. The summed E-state index contributed by atoms with van der Waals surface area (Å²) in [6.07, 6.45) is -6.41. The van der Waals surface area contributed by atoms with Gasteiger partial charge in [0.05, 0.1) is 29.8 Å². The molecule has 2 saturated carbocycles. The number of carbonyl (C=O) groups is 3. The van der Waals surface area contributed by atoms with Crippen LogP contribution in [0.3, 0.4) is 0 Å². The number of benzene rings is 1. The van der Waals surface area contributed by atoms with Gasteiger partial charge in [-0.15, -0.1) is 0 Å². The number of carbonyl (C=O) groups excluding carboxylic acids is 3. The number of aliphatic hydroxyl groups excluding tert-OH is 3. The van der Waals surface area contributed by atoms with Gasteiger partial charge in [0.25, 0.3) is 0 Å². The Morgan fingerprint density at radius 3 is 2.27 bits per heavy atom. The Hall–Kier alpha value is -2.83. The molecule has 4 aliphatic rings. The molecule has 218 valence electrons. The van der Waals surface area contributed by atoms with Crippen molar-refractivity contribution in [3.8, 4) is 0 Å². The number of fused-ring (bicyclic) bond motifs is 2. The monoisotopic (exact) mass is 560 g/mol. The molecule has 0 amide bonds. The van der Waals surface area contributed by atoms with E-state index in [2.05, 4.69) is 0 Å². The first-order chi connectivity index (χ1) is 18.5. The Morgan fingerprint density at radius 2 is 1.70 bits per heavy atom. The molecule has 1 aromatic carbocycles. The first kappa shape index (κ1) is 28.7. The van der Waals surface area contributed by atoms with Gasteiger partial charge in [0.2, 0.25) is 0 Å². The molecule has 2 bridgehead atoms. The average molecular weight is 561 g/mol. The third-order valence-corrected chi connectivity index (χ3v) is 10.2. The third-order valence-electron chi connectivity index (χ3n) is 10.2. The lowest BCUT2D eigenvalue weighted by Gasteiger charge is -2.71. The van der Waals surface area contributed by atoms with Crippen molar-refractivity contribution in [2.45, 2.75) is 88.7 Å². The molecule has 3 aliphatic carbocycles. The molecule has 5 N–H and O–H groups in total. The van der Waals surface area contributed by atoms with Gasteiger partial charge in [0.15, 0.2) is 5.60 Å². The molecule has 3 fully saturated rings. The van der Waals surface area contributed by atoms with Crippen LogP contribution < -0.4 is 0 Å². The Labute approximate surface area is 231 Å². The van der Waals surface area contributed by atoms with E-state index in [1.54, 1.807) is 39.0 Å². The summed E-state index contributed by atoms with van der Waals surface area (Å²) in [6, 6.07) is 8.01. The summed E-state index contributed by atoms with van der Waals surface area (Å²) in [5.74, 6) is -4.30. The zero-order chi connectivity index (χ0) is 29.6. The standard InChI is InChI=1S/C29H36O11/c1-14-17(32)12-27-20(14)29(37,24(35)40-25(27,3)4)26(5)18(33)11-19(38-15(2)31)28(36,13-30)21(26)22(27)39-23(34)16-9-7-6-8-10-16/h6-10,17-19,21-22,30,32-33,36-37H,11-13H2,1-5H3/t17-,18-,19-,21-,22-,26+,27+,28-,29-/m0/s1. The zero-order valence-corrected chi connectivity index (χ0v) is 23.1. The lowest BCUT2D eigenvalue weighted by Crippen LogP contribution is -2.85. The molecule has 0 aromatic heterocycles. The highest BCUT2D eigenvalue weighted by atomic mass is 16.6. The van der Waals surface area contributed by atoms with E-state index >= 15 is 0 Å². The summed E-state index contributed by atoms with van der Waals surface area (Å²) in [6.45, 7) is 6.09. The molecule has 0 unspecified atom stereocenters. The number of esters is 3. The molecule has 1 aliphatic heterocycles. The highest BCUT2D eigenvalue weighted by Gasteiger charge is 2.86. The van der Waals surface area contributed by atoms with Gasteiger partial charge in [0.1, 0.15) is 23.4 Å². The SMILES string of the molecule is CC(=O)O[C@H]1C[C@H](O)[C@]2(C)[C@H]([C@H](OC(=O)c3ccccc3)[C@@]34C[C@H](O)C(C)=C3[C@]2(O)C(=O)OC4(C)C)[C@]1(O)CO. The third kappa shape index (κ3) is 3.26. The summed E-state index contributed by atoms with van der Waals surface area (Å²) in [4.78, 5) is 39.5. The molecule has 11 heteroatoms. The van der Waals surface area contributed by atoms with Crippen LogP contribution >= 0.6 is 0 Å². The topological polar surface area (TPSA) is 180 Å². The second-order valence-corrected chi connectivity index (χ2v) is 12.3. The second kappa shape index (κ2) is 8.83. The minimum absolute atomic E-state index is 0.0589. The van der Waals surface area contributed by atoms with E-state index in [1.165, 1.54) is 19.1 Å². The van der Waals surface area contributed by atoms with Crippen LogP contribution in [0.5, 0.6) is 0 Å². The van der Waals surface area contributed by atoms with Gasteiger partial charge >= 0.3 is 17.9 Å². The van der Waals surface area contributed by atoms with E-state index in [0.29, 0.717) is 0 Å². The minimum Gasteiger partial charge on any atom is -0.459 e. The van der Waals surface area contributed by atoms with E-state index in [-0.39, 0.29) is 23.1 Å². The highest BCUT2D eigenvalue weighted by molar-refractivity contribution is 5.91. The molecule has 5 rings (SSSR count). The molecule has 9 atom stereocenters. The summed E-state index contributed by atoms with van der Waals surface area (Å²) in [5, 5.41) is 58.3. The van der Waals surface area contributed by atoms with Crippen molar-refractivity contribution in [1.82, 2.24) is 0 Å². The molecular formula is C29H36O11. The molecular weight excluding hydrogens is 524 g/mol. The van der Waals surface area contributed by atoms with Crippen molar-refractivity contribution in [3.63, 3.8) is 0 Å². The predicted molar refractivity (Wildman–Crippen MR) is 136 cm³/mol. The zero-order valence-electron chi connectivity index (χ0n) is 23.1. The van der Waals surface area contributed by atoms with E-state index < -0.39 is 88.9 Å². The first-order valence-corrected chi connectivity index (χ1v) is 13.3. The van der Waals surface area contributed by atoms with Crippen LogP contribution in [0.2, 0.25) is 0 Å². The van der Waals surface area contributed by atoms with Gasteiger partial charge in [-0.05, 0) is 50.5 Å². The van der Waals surface area contributed by atoms with E-state index in [0.717, 1.165) is 6.92 Å². The van der Waals surface area contributed by atoms with E-state index in [9.17, 15) is 39.9 Å². The molecule has 0 radical (unpaired) electrons. The van der Waals surface area contributed by atoms with Crippen molar-refractivity contribution < 1.29 is 54.1 Å². The maximum absolute atomic E-state index is 13.8. The molecule has 1 aromatic rings. The molecule has 1 heterocycles. The minimum atomic E-state index is -2.60. The van der Waals surface area contributed by atoms with Crippen LogP contribution in [0.25, 0.3) is 0 Å². The van der Waals surface area contributed by atoms with Crippen LogP contribution in [-0.4, -0.2) is 91.3 Å². The molecule has 11 nitrogen and oxygen atoms in total. The Kier molecular flexibility index (Phi) is 6.34. The lowest BCUT2D eigenvalue weighted by molar-refractivity contribution is -0.341. The summed E-state index contributed by atoms with van der Waals surface area (Å²) >= 11 is 0. The largest absolute Gasteiger partial charge is 0.459 e. The van der Waals surface area contributed by atoms with Gasteiger partial charge < -0.3 is 39.7 Å². The van der Waals surface area contributed by atoms with E-state index in [4.69, 9.17) is 14.2 Å². The number of cyclic esters (lactones) is 1. The number of hydrogen-bond acceptors (Lipinski definition) is 11. The maximum Gasteiger partial charge on any atom is 0.343 e. The number of hydrogen-bond donors (Lipinski definition) is 5. The summed E-state index contributed by atoms with van der Waals surface area (Å²) < 4.78 is 17.4. The fourth-order valence-corrected chi connectivity index (χ4v) is 8.21. The normalized spacial score (nSPS) is 43.4. The summed E-state index contributed by atoms with van der Waals surface area (Å²) in [5.41, 5.74) is -9.68. The van der Waals surface area contributed by atoms with Gasteiger partial charge in [-0.25, -0.2) is 9.59 Å². The van der Waals surface area contributed by atoms with Gasteiger partial charge in [-0.1, -0.05) is 25.1 Å². The molecule has 1 saturated heterocycles. The van der Waals surface area contributed by atoms with Crippen LogP contribution in [0, 0.1) is 16.7 Å². The van der Waals surface area contributed by atoms with E-state index in [1.807, 2.05) is 0 Å². The smallest absolute Gasteiger partial charge is 0.343 e. The van der Waals surface area contributed by atoms with Crippen LogP contribution in [-0.2, 0) is 23.8 Å². The first-order valence-electron chi connectivity index (χ1n) is 13.3. The molecule has 40 heavy (non-hydrogen) atoms. The Morgan fingerprint density at radius 1 is 1.07 bits per heavy atom. The Balaban J connectivity index is 1.85. The fourth-order valence-electron chi connectivity index (χ4n) is 8.21. The number of rotatable bonds is 4. The van der Waals surface area contributed by atoms with Crippen molar-refractivity contribution in [1.29, 1.82) is 0 Å². The summed E-state index contributed by atoms with van der Waals surface area (Å²) in [7, 11) is 0. The quantitative estimate of drug-likeness (QED) is 0.195. The van der Waals surface area contributed by atoms with Gasteiger partial charge in [-0.3, -0.25) is 4.79 Å². The second-order valence-electron chi connectivity index (χ2n) is 12.3. The maximum atomic E-state index is 13.8. The number of aliphatic hydroxyl groups is 5.